The first-order chi connectivity index (χ1) is 15.4. The molecule has 1 fully saturated rings. The van der Waals surface area contributed by atoms with E-state index in [0.29, 0.717) is 32.8 Å². The van der Waals surface area contributed by atoms with E-state index in [-0.39, 0.29) is 41.8 Å². The van der Waals surface area contributed by atoms with Gasteiger partial charge in [-0.2, -0.15) is 5.10 Å². The molecule has 33 heavy (non-hydrogen) atoms. The predicted molar refractivity (Wildman–Crippen MR) is 139 cm³/mol. The number of rotatable bonds is 5. The molecular formula is C23H33IN6O3. The number of nitrogens with one attached hydrogen (secondary N) is 1. The van der Waals surface area contributed by atoms with Gasteiger partial charge in [0, 0.05) is 38.3 Å². The molecule has 4 rings (SSSR count). The van der Waals surface area contributed by atoms with Gasteiger partial charge in [-0.3, -0.25) is 14.5 Å². The Hall–Kier alpha value is -2.50. The molecule has 9 nitrogen and oxygen atoms in total. The van der Waals surface area contributed by atoms with E-state index in [2.05, 4.69) is 30.3 Å². The molecule has 0 bridgehead atoms. The van der Waals surface area contributed by atoms with Crippen LogP contribution in [0.1, 0.15) is 26.3 Å². The number of guanidine groups is 1. The van der Waals surface area contributed by atoms with Crippen molar-refractivity contribution < 1.29 is 14.3 Å². The van der Waals surface area contributed by atoms with E-state index < -0.39 is 0 Å². The van der Waals surface area contributed by atoms with E-state index in [1.54, 1.807) is 15.8 Å². The monoisotopic (exact) mass is 568 g/mol. The fraction of sp³-hybridized carbons (Fsp3) is 0.522. The first kappa shape index (κ1) is 25.1. The highest BCUT2D eigenvalue weighted by Gasteiger charge is 2.29. The highest BCUT2D eigenvalue weighted by atomic mass is 127. The van der Waals surface area contributed by atoms with Gasteiger partial charge in [0.2, 0.25) is 5.91 Å². The molecule has 10 heteroatoms. The van der Waals surface area contributed by atoms with Crippen LogP contribution in [0.5, 0.6) is 11.5 Å². The van der Waals surface area contributed by atoms with Crippen LogP contribution in [0.15, 0.2) is 35.6 Å². The molecule has 1 N–H and O–H groups in total. The number of piperazine rings is 1. The molecule has 0 unspecified atom stereocenters. The van der Waals surface area contributed by atoms with Gasteiger partial charge in [0.15, 0.2) is 17.5 Å². The third-order valence-electron chi connectivity index (χ3n) is 5.81. The highest BCUT2D eigenvalue weighted by Crippen LogP contribution is 2.35. The summed E-state index contributed by atoms with van der Waals surface area (Å²) in [4.78, 5) is 21.5. The van der Waals surface area contributed by atoms with Crippen molar-refractivity contribution in [2.75, 3.05) is 50.8 Å². The number of carbonyl (C=O) groups excluding carboxylic acids is 1. The van der Waals surface area contributed by atoms with Crippen molar-refractivity contribution in [2.45, 2.75) is 26.2 Å². The van der Waals surface area contributed by atoms with Crippen molar-refractivity contribution in [3.05, 3.63) is 36.2 Å². The van der Waals surface area contributed by atoms with Crippen LogP contribution in [0.25, 0.3) is 0 Å². The van der Waals surface area contributed by atoms with Gasteiger partial charge < -0.3 is 24.6 Å². The summed E-state index contributed by atoms with van der Waals surface area (Å²) in [7, 11) is 1.85. The molecule has 1 aromatic carbocycles. The molecule has 0 spiro atoms. The number of carbonyl (C=O) groups is 1. The Kier molecular flexibility index (Phi) is 8.09. The van der Waals surface area contributed by atoms with Crippen molar-refractivity contribution in [1.29, 1.82) is 0 Å². The number of nitrogens with zero attached hydrogens (tertiary/aromatic N) is 5. The fourth-order valence-corrected chi connectivity index (χ4v) is 3.93. The zero-order chi connectivity index (χ0) is 22.7. The Morgan fingerprint density at radius 1 is 1.21 bits per heavy atom. The lowest BCUT2D eigenvalue weighted by Gasteiger charge is -2.36. The summed E-state index contributed by atoms with van der Waals surface area (Å²) in [6.45, 7) is 10.4. The number of amides is 1. The number of aliphatic imine (C=N–C) groups is 1. The van der Waals surface area contributed by atoms with Crippen LogP contribution < -0.4 is 19.7 Å². The van der Waals surface area contributed by atoms with E-state index in [1.165, 1.54) is 0 Å². The number of ether oxygens (including phenoxy) is 2. The third-order valence-corrected chi connectivity index (χ3v) is 5.81. The van der Waals surface area contributed by atoms with Crippen LogP contribution in [-0.4, -0.2) is 72.5 Å². The minimum absolute atomic E-state index is 0. The number of benzene rings is 1. The fourth-order valence-electron chi connectivity index (χ4n) is 3.93. The first-order valence-electron chi connectivity index (χ1n) is 11.1. The molecule has 1 saturated heterocycles. The lowest BCUT2D eigenvalue weighted by Crippen LogP contribution is -2.55. The van der Waals surface area contributed by atoms with Crippen LogP contribution >= 0.6 is 24.0 Å². The van der Waals surface area contributed by atoms with E-state index in [4.69, 9.17) is 14.5 Å². The lowest BCUT2D eigenvalue weighted by atomic mass is 9.84. The number of halogens is 1. The van der Waals surface area contributed by atoms with Crippen LogP contribution in [0.2, 0.25) is 0 Å². The molecule has 2 aliphatic heterocycles. The van der Waals surface area contributed by atoms with Gasteiger partial charge in [0.1, 0.15) is 19.8 Å². The number of hydrogen-bond donors (Lipinski definition) is 1. The van der Waals surface area contributed by atoms with E-state index in [0.717, 1.165) is 35.3 Å². The number of aromatic nitrogens is 2. The van der Waals surface area contributed by atoms with Crippen molar-refractivity contribution in [3.8, 4) is 11.5 Å². The second kappa shape index (κ2) is 10.6. The first-order valence-corrected chi connectivity index (χ1v) is 11.1. The van der Waals surface area contributed by atoms with Gasteiger partial charge in [-0.25, -0.2) is 0 Å². The molecule has 1 aromatic heterocycles. The normalized spacial score (nSPS) is 16.5. The van der Waals surface area contributed by atoms with Gasteiger partial charge in [0.05, 0.1) is 18.4 Å². The topological polar surface area (TPSA) is 84.2 Å². The second-order valence-electron chi connectivity index (χ2n) is 8.75. The zero-order valence-corrected chi connectivity index (χ0v) is 22.0. The summed E-state index contributed by atoms with van der Waals surface area (Å²) in [5, 5.41) is 7.53. The molecule has 0 saturated carbocycles. The van der Waals surface area contributed by atoms with Crippen LogP contribution in [-0.2, 0) is 17.3 Å². The summed E-state index contributed by atoms with van der Waals surface area (Å²) < 4.78 is 13.1. The second-order valence-corrected chi connectivity index (χ2v) is 8.75. The zero-order valence-electron chi connectivity index (χ0n) is 19.7. The van der Waals surface area contributed by atoms with Crippen molar-refractivity contribution in [2.24, 2.45) is 12.0 Å². The van der Waals surface area contributed by atoms with Gasteiger partial charge in [-0.05, 0) is 24.6 Å². The SMILES string of the molecule is CCNC(=NCC(C)(C)c1ccc2c(c1)OCCO2)N1CCN(c2cnn(C)c2)C(=O)C1.I. The standard InChI is InChI=1S/C23H32N6O3.HI/c1-5-24-22(28-8-9-29(21(30)15-28)18-13-26-27(4)14-18)25-16-23(2,3)17-6-7-19-20(12-17)32-11-10-31-19;/h6-7,12-14H,5,8-11,15-16H2,1-4H3,(H,24,25);1H. The number of fused-ring (bicyclic) bond motifs is 1. The summed E-state index contributed by atoms with van der Waals surface area (Å²) >= 11 is 0. The third kappa shape index (κ3) is 5.71. The molecule has 2 aliphatic rings. The summed E-state index contributed by atoms with van der Waals surface area (Å²) in [6.07, 6.45) is 3.59. The Morgan fingerprint density at radius 3 is 2.64 bits per heavy atom. The molecule has 0 atom stereocenters. The maximum atomic E-state index is 12.8. The number of aryl methyl sites for hydroxylation is 1. The Bertz CT molecular complexity index is 1010. The molecular weight excluding hydrogens is 535 g/mol. The predicted octanol–water partition coefficient (Wildman–Crippen LogP) is 2.40. The lowest BCUT2D eigenvalue weighted by molar-refractivity contribution is -0.120. The van der Waals surface area contributed by atoms with E-state index >= 15 is 0 Å². The molecule has 0 radical (unpaired) electrons. The minimum Gasteiger partial charge on any atom is -0.486 e. The Morgan fingerprint density at radius 2 is 1.97 bits per heavy atom. The summed E-state index contributed by atoms with van der Waals surface area (Å²) in [5.74, 6) is 2.38. The van der Waals surface area contributed by atoms with E-state index in [9.17, 15) is 4.79 Å². The molecule has 2 aromatic rings. The van der Waals surface area contributed by atoms with Crippen LogP contribution in [0.3, 0.4) is 0 Å². The average Bonchev–Trinajstić information content (AvgIpc) is 3.22. The van der Waals surface area contributed by atoms with Crippen molar-refractivity contribution in [3.63, 3.8) is 0 Å². The molecule has 0 aliphatic carbocycles. The quantitative estimate of drug-likeness (QED) is 0.339. The molecule has 1 amide bonds. The van der Waals surface area contributed by atoms with Gasteiger partial charge >= 0.3 is 0 Å². The maximum absolute atomic E-state index is 12.8. The van der Waals surface area contributed by atoms with Gasteiger partial charge in [0.25, 0.3) is 0 Å². The van der Waals surface area contributed by atoms with Crippen LogP contribution in [0.4, 0.5) is 5.69 Å². The number of anilines is 1. The molecule has 3 heterocycles. The average molecular weight is 568 g/mol. The maximum Gasteiger partial charge on any atom is 0.246 e. The van der Waals surface area contributed by atoms with Gasteiger partial charge in [-0.1, -0.05) is 19.9 Å². The van der Waals surface area contributed by atoms with Gasteiger partial charge in [-0.15, -0.1) is 24.0 Å². The Balaban J connectivity index is 0.00000306. The van der Waals surface area contributed by atoms with E-state index in [1.807, 2.05) is 37.2 Å². The Labute approximate surface area is 212 Å². The summed E-state index contributed by atoms with van der Waals surface area (Å²) in [6, 6.07) is 6.09. The van der Waals surface area contributed by atoms with Crippen LogP contribution in [0, 0.1) is 0 Å². The number of hydrogen-bond acceptors (Lipinski definition) is 5. The van der Waals surface area contributed by atoms with Crippen molar-refractivity contribution in [1.82, 2.24) is 20.0 Å². The highest BCUT2D eigenvalue weighted by molar-refractivity contribution is 14.0. The minimum atomic E-state index is -0.210. The van der Waals surface area contributed by atoms with Crippen molar-refractivity contribution >= 4 is 41.5 Å². The summed E-state index contributed by atoms with van der Waals surface area (Å²) in [5.41, 5.74) is 1.76. The smallest absolute Gasteiger partial charge is 0.246 e. The molecule has 180 valence electrons. The largest absolute Gasteiger partial charge is 0.486 e.